The molecule has 0 unspecified atom stereocenters. The molecule has 1 amide bonds. The lowest BCUT2D eigenvalue weighted by Gasteiger charge is -2.07. The van der Waals surface area contributed by atoms with Crippen molar-refractivity contribution in [2.45, 2.75) is 70.4 Å². The van der Waals surface area contributed by atoms with Gasteiger partial charge < -0.3 is 5.32 Å². The number of hydrogen-bond donors (Lipinski definition) is 1. The van der Waals surface area contributed by atoms with Crippen LogP contribution in [-0.4, -0.2) is 12.1 Å². The number of nitrogens with one attached hydrogen (secondary N) is 1. The number of hydrogen-bond acceptors (Lipinski definition) is 2. The number of carbonyl (C=O) groups is 1. The van der Waals surface area contributed by atoms with E-state index >= 15 is 0 Å². The molecule has 2 rings (SSSR count). The number of rotatable bonds is 1. The third-order valence-corrected chi connectivity index (χ3v) is 5.14. The molecule has 1 aromatic rings. The van der Waals surface area contributed by atoms with Crippen LogP contribution in [0.2, 0.25) is 0 Å². The number of alkyl halides is 3. The third kappa shape index (κ3) is 5.30. The van der Waals surface area contributed by atoms with Gasteiger partial charge in [-0.25, -0.2) is 0 Å². The first-order valence-electron chi connectivity index (χ1n) is 7.96. The molecule has 0 aromatic carbocycles. The van der Waals surface area contributed by atoms with E-state index in [-0.39, 0.29) is 0 Å². The van der Waals surface area contributed by atoms with Gasteiger partial charge in [0.25, 0.3) is 0 Å². The van der Waals surface area contributed by atoms with Crippen molar-refractivity contribution in [3.8, 4) is 0 Å². The Kier molecular flexibility index (Phi) is 6.29. The van der Waals surface area contributed by atoms with Crippen LogP contribution >= 0.6 is 11.3 Å². The summed E-state index contributed by atoms with van der Waals surface area (Å²) >= 11 is 1.30. The zero-order valence-electron chi connectivity index (χ0n) is 12.6. The van der Waals surface area contributed by atoms with Gasteiger partial charge in [0.15, 0.2) is 0 Å². The molecule has 1 heterocycles. The minimum absolute atomic E-state index is 0.321. The number of halogens is 3. The van der Waals surface area contributed by atoms with E-state index in [2.05, 4.69) is 0 Å². The summed E-state index contributed by atoms with van der Waals surface area (Å²) in [6.07, 6.45) is 6.47. The van der Waals surface area contributed by atoms with Crippen LogP contribution in [-0.2, 0) is 17.6 Å². The fourth-order valence-electron chi connectivity index (χ4n) is 2.80. The summed E-state index contributed by atoms with van der Waals surface area (Å²) < 4.78 is 37.0. The van der Waals surface area contributed by atoms with E-state index in [4.69, 9.17) is 0 Å². The number of carbonyl (C=O) groups excluding carboxylic acids is 1. The molecule has 0 bridgehead atoms. The third-order valence-electron chi connectivity index (χ3n) is 3.99. The first-order chi connectivity index (χ1) is 10.5. The van der Waals surface area contributed by atoms with Crippen LogP contribution < -0.4 is 5.32 Å². The SMILES string of the molecule is O=C(Nc1cc2c(s1)CCCCCCCCCC2)C(F)(F)F. The van der Waals surface area contributed by atoms with Crippen LogP contribution in [0.1, 0.15) is 61.8 Å². The molecular weight excluding hydrogens is 311 g/mol. The minimum Gasteiger partial charge on any atom is -0.310 e. The van der Waals surface area contributed by atoms with Gasteiger partial charge in [0.2, 0.25) is 0 Å². The van der Waals surface area contributed by atoms with Crippen molar-refractivity contribution in [3.63, 3.8) is 0 Å². The normalized spacial score (nSPS) is 18.0. The first-order valence-corrected chi connectivity index (χ1v) is 8.78. The predicted octanol–water partition coefficient (Wildman–Crippen LogP) is 5.47. The van der Waals surface area contributed by atoms with Crippen molar-refractivity contribution in [3.05, 3.63) is 16.5 Å². The molecule has 1 N–H and O–H groups in total. The standard InChI is InChI=1S/C16H22F3NOS/c17-16(18,19)15(21)20-14-11-12-9-7-5-3-1-2-4-6-8-10-13(12)22-14/h11H,1-10H2,(H,20,21). The maximum Gasteiger partial charge on any atom is 0.471 e. The highest BCUT2D eigenvalue weighted by Gasteiger charge is 2.39. The van der Waals surface area contributed by atoms with Gasteiger partial charge in [0.1, 0.15) is 0 Å². The van der Waals surface area contributed by atoms with E-state index in [9.17, 15) is 18.0 Å². The molecule has 0 radical (unpaired) electrons. The highest BCUT2D eigenvalue weighted by Crippen LogP contribution is 2.32. The fraction of sp³-hybridized carbons (Fsp3) is 0.688. The molecule has 0 spiro atoms. The van der Waals surface area contributed by atoms with Gasteiger partial charge in [-0.05, 0) is 37.3 Å². The molecule has 6 heteroatoms. The van der Waals surface area contributed by atoms with Gasteiger partial charge in [-0.15, -0.1) is 11.3 Å². The summed E-state index contributed by atoms with van der Waals surface area (Å²) in [5, 5.41) is 2.31. The van der Waals surface area contributed by atoms with E-state index < -0.39 is 12.1 Å². The average Bonchev–Trinajstić information content (AvgIpc) is 2.79. The Morgan fingerprint density at radius 3 is 2.09 bits per heavy atom. The smallest absolute Gasteiger partial charge is 0.310 e. The number of fused-ring (bicyclic) bond motifs is 1. The average molecular weight is 333 g/mol. The topological polar surface area (TPSA) is 29.1 Å². The van der Waals surface area contributed by atoms with Gasteiger partial charge in [0, 0.05) is 4.88 Å². The maximum absolute atomic E-state index is 12.3. The molecule has 0 fully saturated rings. The first kappa shape index (κ1) is 17.3. The maximum atomic E-state index is 12.3. The van der Waals surface area contributed by atoms with Crippen LogP contribution in [0.25, 0.3) is 0 Å². The molecular formula is C16H22F3NOS. The monoisotopic (exact) mass is 333 g/mol. The highest BCUT2D eigenvalue weighted by atomic mass is 32.1. The van der Waals surface area contributed by atoms with Crippen molar-refractivity contribution in [2.75, 3.05) is 5.32 Å². The Labute approximate surface area is 133 Å². The largest absolute Gasteiger partial charge is 0.471 e. The lowest BCUT2D eigenvalue weighted by atomic mass is 10.0. The van der Waals surface area contributed by atoms with E-state index in [0.717, 1.165) is 36.1 Å². The van der Waals surface area contributed by atoms with Crippen LogP contribution in [0.15, 0.2) is 6.07 Å². The fourth-order valence-corrected chi connectivity index (χ4v) is 3.94. The molecule has 1 aliphatic carbocycles. The molecule has 22 heavy (non-hydrogen) atoms. The second-order valence-electron chi connectivity index (χ2n) is 5.84. The molecule has 1 aliphatic rings. The van der Waals surface area contributed by atoms with Gasteiger partial charge >= 0.3 is 12.1 Å². The van der Waals surface area contributed by atoms with Crippen molar-refractivity contribution >= 4 is 22.2 Å². The summed E-state index contributed by atoms with van der Waals surface area (Å²) in [7, 11) is 0. The summed E-state index contributed by atoms with van der Waals surface area (Å²) in [6.45, 7) is 0. The Hall–Kier alpha value is -1.04. The van der Waals surface area contributed by atoms with E-state index in [1.54, 1.807) is 6.07 Å². The van der Waals surface area contributed by atoms with Gasteiger partial charge in [-0.2, -0.15) is 13.2 Å². The summed E-state index contributed by atoms with van der Waals surface area (Å²) in [4.78, 5) is 12.2. The zero-order valence-corrected chi connectivity index (χ0v) is 13.4. The Bertz CT molecular complexity index is 467. The van der Waals surface area contributed by atoms with Gasteiger partial charge in [-0.3, -0.25) is 4.79 Å². The number of anilines is 1. The molecule has 0 saturated carbocycles. The van der Waals surface area contributed by atoms with Crippen LogP contribution in [0.5, 0.6) is 0 Å². The second-order valence-corrected chi connectivity index (χ2v) is 6.98. The van der Waals surface area contributed by atoms with Crippen LogP contribution in [0.3, 0.4) is 0 Å². The summed E-state index contributed by atoms with van der Waals surface area (Å²) in [5.74, 6) is -1.88. The van der Waals surface area contributed by atoms with Crippen LogP contribution in [0.4, 0.5) is 18.2 Å². The van der Waals surface area contributed by atoms with Crippen molar-refractivity contribution in [1.82, 2.24) is 0 Å². The van der Waals surface area contributed by atoms with Gasteiger partial charge in [-0.1, -0.05) is 38.5 Å². The van der Waals surface area contributed by atoms with E-state index in [1.807, 2.05) is 5.32 Å². The van der Waals surface area contributed by atoms with Crippen molar-refractivity contribution < 1.29 is 18.0 Å². The zero-order chi connectivity index (χ0) is 16.0. The Morgan fingerprint density at radius 2 is 1.50 bits per heavy atom. The van der Waals surface area contributed by atoms with Crippen molar-refractivity contribution in [2.24, 2.45) is 0 Å². The lowest BCUT2D eigenvalue weighted by molar-refractivity contribution is -0.167. The summed E-state index contributed by atoms with van der Waals surface area (Å²) in [6, 6.07) is 1.73. The Morgan fingerprint density at radius 1 is 0.955 bits per heavy atom. The number of amides is 1. The summed E-state index contributed by atoms with van der Waals surface area (Å²) in [5.41, 5.74) is 1.11. The number of aryl methyl sites for hydroxylation is 2. The number of thiophene rings is 1. The molecule has 124 valence electrons. The highest BCUT2D eigenvalue weighted by molar-refractivity contribution is 7.16. The quantitative estimate of drug-likeness (QED) is 0.725. The molecule has 0 aliphatic heterocycles. The predicted molar refractivity (Wildman–Crippen MR) is 83.3 cm³/mol. The van der Waals surface area contributed by atoms with Crippen molar-refractivity contribution in [1.29, 1.82) is 0 Å². The lowest BCUT2D eigenvalue weighted by Crippen LogP contribution is -2.29. The molecule has 1 aromatic heterocycles. The molecule has 0 saturated heterocycles. The Balaban J connectivity index is 2.05. The molecule has 2 nitrogen and oxygen atoms in total. The van der Waals surface area contributed by atoms with Gasteiger partial charge in [0.05, 0.1) is 5.00 Å². The minimum atomic E-state index is -4.83. The van der Waals surface area contributed by atoms with E-state index in [1.165, 1.54) is 49.9 Å². The van der Waals surface area contributed by atoms with E-state index in [0.29, 0.717) is 5.00 Å². The van der Waals surface area contributed by atoms with Crippen LogP contribution in [0, 0.1) is 0 Å². The molecule has 0 atom stereocenters. The second kappa shape index (κ2) is 7.99.